The molecule has 0 bridgehead atoms. The van der Waals surface area contributed by atoms with E-state index < -0.39 is 0 Å². The number of anilines is 2. The third kappa shape index (κ3) is 2.96. The smallest absolute Gasteiger partial charge is 0.148 e. The first-order valence-corrected chi connectivity index (χ1v) is 6.90. The zero-order valence-electron chi connectivity index (χ0n) is 12.1. The number of hydrogen-bond donors (Lipinski definition) is 2. The second-order valence-corrected chi connectivity index (χ2v) is 5.19. The van der Waals surface area contributed by atoms with E-state index in [0.717, 1.165) is 43.9 Å². The summed E-state index contributed by atoms with van der Waals surface area (Å²) >= 11 is 0. The predicted octanol–water partition coefficient (Wildman–Crippen LogP) is 0.991. The van der Waals surface area contributed by atoms with Gasteiger partial charge in [-0.3, -0.25) is 0 Å². The van der Waals surface area contributed by atoms with Crippen LogP contribution in [0.25, 0.3) is 0 Å². The van der Waals surface area contributed by atoms with Crippen molar-refractivity contribution in [1.29, 1.82) is 0 Å². The molecule has 1 saturated heterocycles. The number of nitrogens with two attached hydrogens (primary N) is 1. The molecule has 6 heteroatoms. The summed E-state index contributed by atoms with van der Waals surface area (Å²) in [5.41, 5.74) is 3.67. The van der Waals surface area contributed by atoms with Crippen LogP contribution in [0.3, 0.4) is 0 Å². The number of rotatable bonds is 3. The van der Waals surface area contributed by atoms with Gasteiger partial charge in [-0.1, -0.05) is 6.92 Å². The van der Waals surface area contributed by atoms with Crippen LogP contribution in [0.4, 0.5) is 11.6 Å². The van der Waals surface area contributed by atoms with Crippen LogP contribution < -0.4 is 16.2 Å². The minimum Gasteiger partial charge on any atom is -0.352 e. The lowest BCUT2D eigenvalue weighted by Crippen LogP contribution is -2.40. The minimum atomic E-state index is 0.492. The van der Waals surface area contributed by atoms with E-state index in [1.54, 1.807) is 6.33 Å². The van der Waals surface area contributed by atoms with Gasteiger partial charge in [-0.05, 0) is 33.4 Å². The molecule has 0 aromatic carbocycles. The first-order valence-electron chi connectivity index (χ1n) is 6.90. The molecular formula is C13H24N6. The van der Waals surface area contributed by atoms with Crippen molar-refractivity contribution in [3.8, 4) is 0 Å². The lowest BCUT2D eigenvalue weighted by atomic mass is 10.1. The lowest BCUT2D eigenvalue weighted by molar-refractivity contribution is 0.327. The predicted molar refractivity (Wildman–Crippen MR) is 78.1 cm³/mol. The topological polar surface area (TPSA) is 70.3 Å². The minimum absolute atomic E-state index is 0.492. The van der Waals surface area contributed by atoms with E-state index in [2.05, 4.69) is 39.2 Å². The fraction of sp³-hybridized carbons (Fsp3) is 0.692. The van der Waals surface area contributed by atoms with Crippen molar-refractivity contribution < 1.29 is 0 Å². The molecule has 1 aliphatic heterocycles. The molecule has 0 radical (unpaired) electrons. The third-order valence-corrected chi connectivity index (χ3v) is 3.84. The first kappa shape index (κ1) is 14.0. The summed E-state index contributed by atoms with van der Waals surface area (Å²) in [6.07, 6.45) is 3.85. The van der Waals surface area contributed by atoms with Gasteiger partial charge < -0.3 is 15.2 Å². The molecule has 19 heavy (non-hydrogen) atoms. The van der Waals surface area contributed by atoms with Gasteiger partial charge in [-0.2, -0.15) is 0 Å². The highest BCUT2D eigenvalue weighted by atomic mass is 15.3. The number of nitrogens with zero attached hydrogens (tertiary/aromatic N) is 4. The first-order chi connectivity index (χ1) is 9.17. The molecule has 1 aliphatic rings. The monoisotopic (exact) mass is 264 g/mol. The van der Waals surface area contributed by atoms with Gasteiger partial charge in [-0.15, -0.1) is 0 Å². The number of nitrogens with one attached hydrogen (secondary N) is 1. The van der Waals surface area contributed by atoms with Crippen LogP contribution in [-0.2, 0) is 0 Å². The Morgan fingerprint density at radius 1 is 1.42 bits per heavy atom. The Morgan fingerprint density at radius 2 is 2.21 bits per heavy atom. The molecule has 2 heterocycles. The Labute approximate surface area is 115 Å². The quantitative estimate of drug-likeness (QED) is 0.627. The lowest BCUT2D eigenvalue weighted by Gasteiger charge is -2.32. The summed E-state index contributed by atoms with van der Waals surface area (Å²) in [5.74, 6) is 7.21. The highest BCUT2D eigenvalue weighted by Crippen LogP contribution is 2.26. The number of nitrogen functional groups attached to an aromatic ring is 1. The average molecular weight is 264 g/mol. The molecule has 106 valence electrons. The van der Waals surface area contributed by atoms with Crippen LogP contribution >= 0.6 is 0 Å². The standard InChI is InChI=1S/C13H24N6/c1-4-11-8-18(3)6-5-7-19(11)13-10(2)12(17-14)15-9-16-13/h9,11H,4-8,14H2,1-3H3,(H,15,16,17). The largest absolute Gasteiger partial charge is 0.352 e. The summed E-state index contributed by atoms with van der Waals surface area (Å²) in [5, 5.41) is 0. The van der Waals surface area contributed by atoms with Crippen LogP contribution in [0.15, 0.2) is 6.33 Å². The molecule has 2 rings (SSSR count). The molecule has 1 aromatic rings. The van der Waals surface area contributed by atoms with Gasteiger partial charge >= 0.3 is 0 Å². The summed E-state index contributed by atoms with van der Waals surface area (Å²) in [4.78, 5) is 13.4. The van der Waals surface area contributed by atoms with E-state index in [1.807, 2.05) is 6.92 Å². The van der Waals surface area contributed by atoms with E-state index in [-0.39, 0.29) is 0 Å². The van der Waals surface area contributed by atoms with Crippen molar-refractivity contribution in [2.24, 2.45) is 5.84 Å². The summed E-state index contributed by atoms with van der Waals surface area (Å²) in [6, 6.07) is 0.492. The Kier molecular flexibility index (Phi) is 4.55. The van der Waals surface area contributed by atoms with Gasteiger partial charge in [0.2, 0.25) is 0 Å². The van der Waals surface area contributed by atoms with Crippen molar-refractivity contribution in [2.45, 2.75) is 32.7 Å². The van der Waals surface area contributed by atoms with Crippen molar-refractivity contribution >= 4 is 11.6 Å². The molecule has 1 aromatic heterocycles. The molecule has 3 N–H and O–H groups in total. The number of hydrazine groups is 1. The third-order valence-electron chi connectivity index (χ3n) is 3.84. The highest BCUT2D eigenvalue weighted by Gasteiger charge is 2.25. The second-order valence-electron chi connectivity index (χ2n) is 5.19. The normalized spacial score (nSPS) is 21.3. The number of likely N-dealkylation sites (N-methyl/N-ethyl adjacent to an activating group) is 1. The van der Waals surface area contributed by atoms with Crippen LogP contribution in [0.2, 0.25) is 0 Å². The molecule has 1 unspecified atom stereocenters. The van der Waals surface area contributed by atoms with Crippen LogP contribution in [0, 0.1) is 6.92 Å². The maximum absolute atomic E-state index is 5.50. The number of aromatic nitrogens is 2. The Bertz CT molecular complexity index is 422. The Hall–Kier alpha value is -1.40. The Balaban J connectivity index is 2.32. The van der Waals surface area contributed by atoms with E-state index in [4.69, 9.17) is 5.84 Å². The van der Waals surface area contributed by atoms with E-state index in [0.29, 0.717) is 11.9 Å². The van der Waals surface area contributed by atoms with Gasteiger partial charge in [0.1, 0.15) is 18.0 Å². The summed E-state index contributed by atoms with van der Waals surface area (Å²) in [6.45, 7) is 7.50. The van der Waals surface area contributed by atoms with E-state index in [9.17, 15) is 0 Å². The van der Waals surface area contributed by atoms with Gasteiger partial charge in [0.25, 0.3) is 0 Å². The molecule has 1 fully saturated rings. The van der Waals surface area contributed by atoms with E-state index in [1.165, 1.54) is 0 Å². The van der Waals surface area contributed by atoms with Crippen molar-refractivity contribution in [3.05, 3.63) is 11.9 Å². The van der Waals surface area contributed by atoms with Crippen molar-refractivity contribution in [2.75, 3.05) is 37.0 Å². The molecule has 0 amide bonds. The van der Waals surface area contributed by atoms with Crippen molar-refractivity contribution in [3.63, 3.8) is 0 Å². The van der Waals surface area contributed by atoms with Crippen LogP contribution in [0.1, 0.15) is 25.3 Å². The van der Waals surface area contributed by atoms with Gasteiger partial charge in [0.15, 0.2) is 0 Å². The molecule has 0 aliphatic carbocycles. The van der Waals surface area contributed by atoms with Crippen LogP contribution in [0.5, 0.6) is 0 Å². The molecule has 1 atom stereocenters. The van der Waals surface area contributed by atoms with Crippen molar-refractivity contribution in [1.82, 2.24) is 14.9 Å². The average Bonchev–Trinajstić information content (AvgIpc) is 2.60. The number of hydrogen-bond acceptors (Lipinski definition) is 6. The van der Waals surface area contributed by atoms with Crippen LogP contribution in [-0.4, -0.2) is 47.6 Å². The maximum Gasteiger partial charge on any atom is 0.148 e. The fourth-order valence-electron chi connectivity index (χ4n) is 2.75. The highest BCUT2D eigenvalue weighted by molar-refractivity contribution is 5.58. The summed E-state index contributed by atoms with van der Waals surface area (Å²) < 4.78 is 0. The zero-order valence-corrected chi connectivity index (χ0v) is 12.1. The zero-order chi connectivity index (χ0) is 13.8. The second kappa shape index (κ2) is 6.16. The molecular weight excluding hydrogens is 240 g/mol. The van der Waals surface area contributed by atoms with Gasteiger partial charge in [-0.25, -0.2) is 15.8 Å². The molecule has 0 spiro atoms. The summed E-state index contributed by atoms with van der Waals surface area (Å²) in [7, 11) is 2.19. The van der Waals surface area contributed by atoms with E-state index >= 15 is 0 Å². The SMILES string of the molecule is CCC1CN(C)CCCN1c1ncnc(NN)c1C. The molecule has 0 saturated carbocycles. The fourth-order valence-corrected chi connectivity index (χ4v) is 2.75. The van der Waals surface area contributed by atoms with Gasteiger partial charge in [0, 0.05) is 24.7 Å². The molecule has 6 nitrogen and oxygen atoms in total. The maximum atomic E-state index is 5.50. The van der Waals surface area contributed by atoms with Gasteiger partial charge in [0.05, 0.1) is 0 Å². The Morgan fingerprint density at radius 3 is 2.89 bits per heavy atom.